The Morgan fingerprint density at radius 2 is 1.50 bits per heavy atom. The molecule has 0 aliphatic heterocycles. The molecule has 0 heterocycles. The van der Waals surface area contributed by atoms with E-state index in [9.17, 15) is 9.59 Å². The Morgan fingerprint density at radius 3 is 2.14 bits per heavy atom. The number of para-hydroxylation sites is 1. The van der Waals surface area contributed by atoms with Gasteiger partial charge in [0.05, 0.1) is 0 Å². The van der Waals surface area contributed by atoms with Crippen LogP contribution in [0, 0.1) is 0 Å². The number of amides is 2. The highest BCUT2D eigenvalue weighted by Crippen LogP contribution is 2.23. The fourth-order valence-electron chi connectivity index (χ4n) is 2.01. The third kappa shape index (κ3) is 4.18. The van der Waals surface area contributed by atoms with Crippen LogP contribution in [0.4, 0.5) is 11.4 Å². The fourth-order valence-corrected chi connectivity index (χ4v) is 2.28. The third-order valence-corrected chi connectivity index (χ3v) is 3.67. The highest BCUT2D eigenvalue weighted by atomic mass is 79.9. The zero-order chi connectivity index (χ0) is 16.1. The molecule has 2 N–H and O–H groups in total. The Bertz CT molecular complexity index is 681. The van der Waals surface area contributed by atoms with Crippen molar-refractivity contribution in [2.24, 2.45) is 0 Å². The third-order valence-electron chi connectivity index (χ3n) is 3.14. The molecule has 0 unspecified atom stereocenters. The number of halogens is 1. The molecule has 5 heteroatoms. The first-order chi connectivity index (χ1) is 10.5. The van der Waals surface area contributed by atoms with Crippen LogP contribution >= 0.6 is 15.9 Å². The van der Waals surface area contributed by atoms with E-state index in [0.717, 1.165) is 10.0 Å². The Hall–Kier alpha value is -2.14. The molecule has 2 amide bonds. The van der Waals surface area contributed by atoms with Crippen LogP contribution < -0.4 is 10.6 Å². The van der Waals surface area contributed by atoms with Gasteiger partial charge < -0.3 is 10.6 Å². The van der Waals surface area contributed by atoms with E-state index in [1.54, 1.807) is 30.3 Å². The van der Waals surface area contributed by atoms with Crippen molar-refractivity contribution in [3.63, 3.8) is 0 Å². The van der Waals surface area contributed by atoms with E-state index >= 15 is 0 Å². The molecule has 0 spiro atoms. The van der Waals surface area contributed by atoms with Crippen molar-refractivity contribution >= 4 is 39.1 Å². The van der Waals surface area contributed by atoms with Gasteiger partial charge in [-0.1, -0.05) is 48.0 Å². The lowest BCUT2D eigenvalue weighted by molar-refractivity contribution is -0.133. The lowest BCUT2D eigenvalue weighted by Gasteiger charge is -2.13. The van der Waals surface area contributed by atoms with Gasteiger partial charge in [-0.25, -0.2) is 0 Å². The second kappa shape index (κ2) is 7.22. The number of rotatable bonds is 3. The van der Waals surface area contributed by atoms with Crippen LogP contribution in [-0.2, 0) is 9.59 Å². The molecule has 0 aromatic heterocycles. The predicted molar refractivity (Wildman–Crippen MR) is 91.9 cm³/mol. The summed E-state index contributed by atoms with van der Waals surface area (Å²) in [5, 5.41) is 5.23. The van der Waals surface area contributed by atoms with Gasteiger partial charge in [0.25, 0.3) is 0 Å². The normalized spacial score (nSPS) is 10.4. The van der Waals surface area contributed by atoms with Gasteiger partial charge in [0.1, 0.15) is 0 Å². The minimum absolute atomic E-state index is 0.256. The van der Waals surface area contributed by atoms with Crippen LogP contribution in [0.5, 0.6) is 0 Å². The average Bonchev–Trinajstić information content (AvgIpc) is 2.49. The second-order valence-electron chi connectivity index (χ2n) is 5.16. The van der Waals surface area contributed by atoms with E-state index in [4.69, 9.17) is 0 Å². The Kier molecular flexibility index (Phi) is 5.33. The van der Waals surface area contributed by atoms with Crippen molar-refractivity contribution in [2.45, 2.75) is 19.8 Å². The second-order valence-corrected chi connectivity index (χ2v) is 6.07. The summed E-state index contributed by atoms with van der Waals surface area (Å²) in [6.07, 6.45) is 0. The zero-order valence-electron chi connectivity index (χ0n) is 12.4. The summed E-state index contributed by atoms with van der Waals surface area (Å²) >= 11 is 3.31. The van der Waals surface area contributed by atoms with Crippen molar-refractivity contribution in [1.82, 2.24) is 0 Å². The lowest BCUT2D eigenvalue weighted by atomic mass is 10.0. The van der Waals surface area contributed by atoms with Crippen molar-refractivity contribution in [1.29, 1.82) is 0 Å². The van der Waals surface area contributed by atoms with Gasteiger partial charge in [-0.3, -0.25) is 9.59 Å². The maximum atomic E-state index is 12.0. The summed E-state index contributed by atoms with van der Waals surface area (Å²) < 4.78 is 0.904. The number of hydrogen-bond donors (Lipinski definition) is 2. The zero-order valence-corrected chi connectivity index (χ0v) is 14.0. The summed E-state index contributed by atoms with van der Waals surface area (Å²) in [4.78, 5) is 24.0. The van der Waals surface area contributed by atoms with Gasteiger partial charge in [-0.15, -0.1) is 0 Å². The van der Waals surface area contributed by atoms with E-state index in [1.165, 1.54) is 0 Å². The van der Waals surface area contributed by atoms with Gasteiger partial charge in [0.2, 0.25) is 0 Å². The summed E-state index contributed by atoms with van der Waals surface area (Å²) in [5.41, 5.74) is 2.22. The molecule has 0 fully saturated rings. The molecule has 0 radical (unpaired) electrons. The Balaban J connectivity index is 2.06. The van der Waals surface area contributed by atoms with Crippen LogP contribution in [0.3, 0.4) is 0 Å². The van der Waals surface area contributed by atoms with Gasteiger partial charge in [0, 0.05) is 15.8 Å². The molecule has 2 aromatic rings. The number of benzene rings is 2. The summed E-state index contributed by atoms with van der Waals surface area (Å²) in [6, 6.07) is 14.5. The lowest BCUT2D eigenvalue weighted by Crippen LogP contribution is -2.29. The Morgan fingerprint density at radius 1 is 0.909 bits per heavy atom. The van der Waals surface area contributed by atoms with Crippen LogP contribution in [-0.4, -0.2) is 11.8 Å². The largest absolute Gasteiger partial charge is 0.318 e. The average molecular weight is 361 g/mol. The first kappa shape index (κ1) is 16.2. The summed E-state index contributed by atoms with van der Waals surface area (Å²) in [6.45, 7) is 4.07. The molecular formula is C17H17BrN2O2. The van der Waals surface area contributed by atoms with Crippen molar-refractivity contribution < 1.29 is 9.59 Å². The van der Waals surface area contributed by atoms with Gasteiger partial charge in [-0.2, -0.15) is 0 Å². The molecular weight excluding hydrogens is 344 g/mol. The van der Waals surface area contributed by atoms with E-state index < -0.39 is 11.8 Å². The molecule has 0 saturated heterocycles. The number of carbonyl (C=O) groups excluding carboxylic acids is 2. The summed E-state index contributed by atoms with van der Waals surface area (Å²) in [7, 11) is 0. The highest BCUT2D eigenvalue weighted by molar-refractivity contribution is 9.10. The maximum absolute atomic E-state index is 12.0. The molecule has 22 heavy (non-hydrogen) atoms. The number of nitrogens with one attached hydrogen (secondary N) is 2. The maximum Gasteiger partial charge on any atom is 0.314 e. The predicted octanol–water partition coefficient (Wildman–Crippen LogP) is 4.15. The van der Waals surface area contributed by atoms with Gasteiger partial charge in [0.15, 0.2) is 0 Å². The van der Waals surface area contributed by atoms with E-state index in [2.05, 4.69) is 26.6 Å². The molecule has 114 valence electrons. The van der Waals surface area contributed by atoms with Crippen LogP contribution in [0.1, 0.15) is 25.3 Å². The van der Waals surface area contributed by atoms with Crippen molar-refractivity contribution in [2.75, 3.05) is 10.6 Å². The summed E-state index contributed by atoms with van der Waals surface area (Å²) in [5.74, 6) is -1.12. The quantitative estimate of drug-likeness (QED) is 0.807. The molecule has 0 saturated carbocycles. The molecule has 0 bridgehead atoms. The smallest absolute Gasteiger partial charge is 0.314 e. The molecule has 2 aromatic carbocycles. The molecule has 0 aliphatic rings. The molecule has 4 nitrogen and oxygen atoms in total. The monoisotopic (exact) mass is 360 g/mol. The van der Waals surface area contributed by atoms with Gasteiger partial charge >= 0.3 is 11.8 Å². The molecule has 0 aliphatic carbocycles. The van der Waals surface area contributed by atoms with Crippen molar-refractivity contribution in [3.05, 3.63) is 58.6 Å². The standard InChI is InChI=1S/C17H17BrN2O2/c1-11(2)14-5-3-4-6-15(14)20-17(22)16(21)19-13-9-7-12(18)8-10-13/h3-11H,1-2H3,(H,19,21)(H,20,22). The van der Waals surface area contributed by atoms with E-state index in [-0.39, 0.29) is 5.92 Å². The topological polar surface area (TPSA) is 58.2 Å². The minimum atomic E-state index is -0.694. The van der Waals surface area contributed by atoms with Crippen LogP contribution in [0.2, 0.25) is 0 Å². The highest BCUT2D eigenvalue weighted by Gasteiger charge is 2.16. The fraction of sp³-hybridized carbons (Fsp3) is 0.176. The van der Waals surface area contributed by atoms with Crippen LogP contribution in [0.15, 0.2) is 53.0 Å². The van der Waals surface area contributed by atoms with Crippen molar-refractivity contribution in [3.8, 4) is 0 Å². The number of hydrogen-bond acceptors (Lipinski definition) is 2. The first-order valence-electron chi connectivity index (χ1n) is 6.94. The number of anilines is 2. The first-order valence-corrected chi connectivity index (χ1v) is 7.73. The SMILES string of the molecule is CC(C)c1ccccc1NC(=O)C(=O)Nc1ccc(Br)cc1. The molecule has 0 atom stereocenters. The molecule has 2 rings (SSSR count). The van der Waals surface area contributed by atoms with E-state index in [1.807, 2.05) is 32.0 Å². The van der Waals surface area contributed by atoms with Gasteiger partial charge in [-0.05, 0) is 41.8 Å². The number of carbonyl (C=O) groups is 2. The van der Waals surface area contributed by atoms with Crippen LogP contribution in [0.25, 0.3) is 0 Å². The Labute approximate surface area is 138 Å². The minimum Gasteiger partial charge on any atom is -0.318 e. The van der Waals surface area contributed by atoms with E-state index in [0.29, 0.717) is 11.4 Å².